The van der Waals surface area contributed by atoms with E-state index in [0.29, 0.717) is 5.56 Å². The van der Waals surface area contributed by atoms with Gasteiger partial charge in [0.2, 0.25) is 10.0 Å². The van der Waals surface area contributed by atoms with Gasteiger partial charge in [-0.3, -0.25) is 4.79 Å². The summed E-state index contributed by atoms with van der Waals surface area (Å²) >= 11 is 4.43. The highest BCUT2D eigenvalue weighted by Crippen LogP contribution is 2.22. The second-order valence-electron chi connectivity index (χ2n) is 4.38. The van der Waals surface area contributed by atoms with E-state index in [1.807, 2.05) is 13.0 Å². The van der Waals surface area contributed by atoms with Crippen molar-refractivity contribution in [3.8, 4) is 0 Å². The van der Waals surface area contributed by atoms with Crippen molar-refractivity contribution >= 4 is 43.2 Å². The summed E-state index contributed by atoms with van der Waals surface area (Å²) in [4.78, 5) is 12.8. The van der Waals surface area contributed by atoms with Crippen molar-refractivity contribution in [1.29, 1.82) is 0 Å². The maximum Gasteiger partial charge on any atom is 0.252 e. The molecular weight excluding hydrogens is 376 g/mol. The van der Waals surface area contributed by atoms with Gasteiger partial charge in [0, 0.05) is 9.35 Å². The normalized spacial score (nSPS) is 11.4. The molecule has 0 saturated heterocycles. The summed E-state index contributed by atoms with van der Waals surface area (Å²) in [5.74, 6) is -0.226. The van der Waals surface area contributed by atoms with Crippen LogP contribution in [0.1, 0.15) is 20.8 Å². The third kappa shape index (κ3) is 3.91. The molecule has 3 N–H and O–H groups in total. The smallest absolute Gasteiger partial charge is 0.252 e. The molecule has 2 rings (SSSR count). The lowest BCUT2D eigenvalue weighted by atomic mass is 10.1. The maximum atomic E-state index is 12.1. The zero-order chi connectivity index (χ0) is 15.6. The third-order valence-electron chi connectivity index (χ3n) is 2.78. The average molecular weight is 389 g/mol. The summed E-state index contributed by atoms with van der Waals surface area (Å²) in [7, 11) is -3.69. The molecule has 0 atom stereocenters. The quantitative estimate of drug-likeness (QED) is 0.842. The average Bonchev–Trinajstić information content (AvgIpc) is 2.88. The Morgan fingerprint density at radius 1 is 1.33 bits per heavy atom. The number of nitrogens with one attached hydrogen (secondary N) is 1. The number of sulfonamides is 1. The minimum absolute atomic E-state index is 0.0866. The molecule has 1 amide bonds. The lowest BCUT2D eigenvalue weighted by Gasteiger charge is -2.07. The lowest BCUT2D eigenvalue weighted by Crippen LogP contribution is -2.22. The number of primary sulfonamides is 1. The van der Waals surface area contributed by atoms with Crippen molar-refractivity contribution in [3.05, 3.63) is 50.8 Å². The molecule has 21 heavy (non-hydrogen) atoms. The predicted molar refractivity (Wildman–Crippen MR) is 85.7 cm³/mol. The van der Waals surface area contributed by atoms with Gasteiger partial charge in [0.25, 0.3) is 5.91 Å². The number of aryl methyl sites for hydroxylation is 1. The first kappa shape index (κ1) is 16.2. The number of carbonyl (C=O) groups is 1. The van der Waals surface area contributed by atoms with Crippen LogP contribution in [0.3, 0.4) is 0 Å². The first-order chi connectivity index (χ1) is 9.79. The van der Waals surface area contributed by atoms with Gasteiger partial charge in [0.1, 0.15) is 4.21 Å². The second-order valence-corrected chi connectivity index (χ2v) is 8.13. The highest BCUT2D eigenvalue weighted by Gasteiger charge is 2.13. The van der Waals surface area contributed by atoms with E-state index in [-0.39, 0.29) is 16.7 Å². The molecule has 0 radical (unpaired) electrons. The number of halogens is 1. The van der Waals surface area contributed by atoms with Crippen molar-refractivity contribution in [3.63, 3.8) is 0 Å². The molecule has 0 bridgehead atoms. The second kappa shape index (κ2) is 6.27. The Kier molecular flexibility index (Phi) is 4.82. The number of thiophene rings is 1. The van der Waals surface area contributed by atoms with Crippen LogP contribution >= 0.6 is 27.3 Å². The molecule has 0 aliphatic carbocycles. The van der Waals surface area contributed by atoms with Crippen LogP contribution in [0.5, 0.6) is 0 Å². The van der Waals surface area contributed by atoms with Crippen LogP contribution in [0.15, 0.2) is 39.0 Å². The van der Waals surface area contributed by atoms with E-state index in [4.69, 9.17) is 5.14 Å². The van der Waals surface area contributed by atoms with Gasteiger partial charge in [-0.1, -0.05) is 12.1 Å². The molecule has 0 aliphatic rings. The van der Waals surface area contributed by atoms with Crippen molar-refractivity contribution in [2.24, 2.45) is 5.14 Å². The number of nitrogens with two attached hydrogens (primary N) is 1. The summed E-state index contributed by atoms with van der Waals surface area (Å²) < 4.78 is 23.2. The number of rotatable bonds is 4. The Bertz CT molecular complexity index is 784. The molecule has 2 aromatic rings. The van der Waals surface area contributed by atoms with Crippen LogP contribution in [0.4, 0.5) is 0 Å². The van der Waals surface area contributed by atoms with E-state index < -0.39 is 10.0 Å². The summed E-state index contributed by atoms with van der Waals surface area (Å²) in [5.41, 5.74) is 1.51. The molecule has 0 fully saturated rings. The molecule has 112 valence electrons. The van der Waals surface area contributed by atoms with Crippen molar-refractivity contribution in [1.82, 2.24) is 5.32 Å². The number of amides is 1. The van der Waals surface area contributed by atoms with Gasteiger partial charge in [-0.2, -0.15) is 0 Å². The van der Waals surface area contributed by atoms with E-state index in [1.165, 1.54) is 6.07 Å². The van der Waals surface area contributed by atoms with Gasteiger partial charge in [-0.05, 0) is 46.6 Å². The molecule has 1 aromatic carbocycles. The zero-order valence-corrected chi connectivity index (χ0v) is 14.3. The Labute approximate surface area is 135 Å². The van der Waals surface area contributed by atoms with Crippen LogP contribution in [0, 0.1) is 6.92 Å². The highest BCUT2D eigenvalue weighted by molar-refractivity contribution is 9.10. The Balaban J connectivity index is 2.08. The van der Waals surface area contributed by atoms with Gasteiger partial charge >= 0.3 is 0 Å². The van der Waals surface area contributed by atoms with Crippen LogP contribution in [0.25, 0.3) is 0 Å². The van der Waals surface area contributed by atoms with Crippen LogP contribution in [-0.4, -0.2) is 14.3 Å². The maximum absolute atomic E-state index is 12.1. The number of benzene rings is 1. The van der Waals surface area contributed by atoms with Crippen LogP contribution in [-0.2, 0) is 16.6 Å². The standard InChI is InChI=1S/C13H13BrN2O3S2/c1-8-3-2-4-10(12(8)14)13(17)16-7-9-5-6-11(20-9)21(15,18)19/h2-6H,7H2,1H3,(H,16,17)(H2,15,18,19). The topological polar surface area (TPSA) is 89.3 Å². The monoisotopic (exact) mass is 388 g/mol. The Morgan fingerprint density at radius 2 is 2.05 bits per heavy atom. The molecule has 0 unspecified atom stereocenters. The van der Waals surface area contributed by atoms with Gasteiger partial charge < -0.3 is 5.32 Å². The van der Waals surface area contributed by atoms with Crippen molar-refractivity contribution in [2.45, 2.75) is 17.7 Å². The lowest BCUT2D eigenvalue weighted by molar-refractivity contribution is 0.0950. The summed E-state index contributed by atoms with van der Waals surface area (Å²) in [5, 5.41) is 7.80. The van der Waals surface area contributed by atoms with Crippen LogP contribution in [0.2, 0.25) is 0 Å². The van der Waals surface area contributed by atoms with Gasteiger partial charge in [-0.25, -0.2) is 13.6 Å². The van der Waals surface area contributed by atoms with E-state index in [9.17, 15) is 13.2 Å². The number of hydrogen-bond acceptors (Lipinski definition) is 4. The predicted octanol–water partition coefficient (Wildman–Crippen LogP) is 2.40. The summed E-state index contributed by atoms with van der Waals surface area (Å²) in [6.07, 6.45) is 0. The molecule has 5 nitrogen and oxygen atoms in total. The van der Waals surface area contributed by atoms with E-state index in [2.05, 4.69) is 21.2 Å². The van der Waals surface area contributed by atoms with Crippen LogP contribution < -0.4 is 10.5 Å². The molecule has 8 heteroatoms. The molecule has 1 aromatic heterocycles. The zero-order valence-electron chi connectivity index (χ0n) is 11.1. The summed E-state index contributed by atoms with van der Waals surface area (Å²) in [6, 6.07) is 8.49. The number of carbonyl (C=O) groups excluding carboxylic acids is 1. The summed E-state index contributed by atoms with van der Waals surface area (Å²) in [6.45, 7) is 2.15. The van der Waals surface area contributed by atoms with Crippen molar-refractivity contribution < 1.29 is 13.2 Å². The largest absolute Gasteiger partial charge is 0.347 e. The van der Waals surface area contributed by atoms with Gasteiger partial charge in [0.15, 0.2) is 0 Å². The molecule has 0 spiro atoms. The van der Waals surface area contributed by atoms with E-state index >= 15 is 0 Å². The van der Waals surface area contributed by atoms with E-state index in [1.54, 1.807) is 18.2 Å². The Morgan fingerprint density at radius 3 is 2.67 bits per heavy atom. The van der Waals surface area contributed by atoms with Crippen molar-refractivity contribution in [2.75, 3.05) is 0 Å². The Hall–Kier alpha value is -1.22. The minimum Gasteiger partial charge on any atom is -0.347 e. The highest BCUT2D eigenvalue weighted by atomic mass is 79.9. The fourth-order valence-corrected chi connectivity index (χ4v) is 3.85. The minimum atomic E-state index is -3.69. The SMILES string of the molecule is Cc1cccc(C(=O)NCc2ccc(S(N)(=O)=O)s2)c1Br. The molecule has 1 heterocycles. The first-order valence-corrected chi connectivity index (χ1v) is 9.09. The van der Waals surface area contributed by atoms with Gasteiger partial charge in [0.05, 0.1) is 12.1 Å². The first-order valence-electron chi connectivity index (χ1n) is 5.94. The number of hydrogen-bond donors (Lipinski definition) is 2. The molecular formula is C13H13BrN2O3S2. The molecule has 0 saturated carbocycles. The third-order valence-corrected chi connectivity index (χ3v) is 6.35. The van der Waals surface area contributed by atoms with Gasteiger partial charge in [-0.15, -0.1) is 11.3 Å². The fourth-order valence-electron chi connectivity index (χ4n) is 1.69. The van der Waals surface area contributed by atoms with E-state index in [0.717, 1.165) is 26.3 Å². The molecule has 0 aliphatic heterocycles. The fraction of sp³-hybridized carbons (Fsp3) is 0.154.